The largest absolute Gasteiger partial charge is 0.352 e. The Kier molecular flexibility index (Phi) is 4.68. The average molecular weight is 229 g/mol. The number of nitrogens with zero attached hydrogens (tertiary/aromatic N) is 1. The Bertz CT molecular complexity index is 305. The van der Waals surface area contributed by atoms with Gasteiger partial charge in [-0.1, -0.05) is 25.4 Å². The smallest absolute Gasteiger partial charge is 0.0585 e. The monoisotopic (exact) mass is 228 g/mol. The third kappa shape index (κ3) is 4.27. The van der Waals surface area contributed by atoms with Gasteiger partial charge >= 0.3 is 0 Å². The fraction of sp³-hybridized carbons (Fsp3) is 0.667. The van der Waals surface area contributed by atoms with Crippen LogP contribution in [0.5, 0.6) is 0 Å². The van der Waals surface area contributed by atoms with Crippen molar-refractivity contribution in [3.63, 3.8) is 0 Å². The molecule has 1 aromatic rings. The van der Waals surface area contributed by atoms with Crippen molar-refractivity contribution in [1.29, 1.82) is 0 Å². The van der Waals surface area contributed by atoms with Gasteiger partial charge in [-0.2, -0.15) is 0 Å². The highest BCUT2D eigenvalue weighted by atomic mass is 35.5. The Hall–Kier alpha value is -0.470. The van der Waals surface area contributed by atoms with E-state index in [4.69, 9.17) is 11.6 Å². The first-order valence-electron chi connectivity index (χ1n) is 5.53. The molecule has 2 nitrogen and oxygen atoms in total. The van der Waals surface area contributed by atoms with Gasteiger partial charge in [0.1, 0.15) is 0 Å². The molecule has 0 spiro atoms. The summed E-state index contributed by atoms with van der Waals surface area (Å²) in [6.07, 6.45) is 3.14. The van der Waals surface area contributed by atoms with Gasteiger partial charge in [0, 0.05) is 31.5 Å². The molecule has 1 unspecified atom stereocenters. The lowest BCUT2D eigenvalue weighted by Crippen LogP contribution is -2.27. The zero-order chi connectivity index (χ0) is 11.4. The summed E-state index contributed by atoms with van der Waals surface area (Å²) in [5.74, 6) is 0.740. The van der Waals surface area contributed by atoms with E-state index < -0.39 is 0 Å². The third-order valence-electron chi connectivity index (χ3n) is 2.53. The van der Waals surface area contributed by atoms with Crippen LogP contribution in [0.25, 0.3) is 0 Å². The van der Waals surface area contributed by atoms with Crippen LogP contribution in [0.4, 0.5) is 0 Å². The number of hydrogen-bond acceptors (Lipinski definition) is 1. The van der Waals surface area contributed by atoms with E-state index in [2.05, 4.69) is 30.7 Å². The summed E-state index contributed by atoms with van der Waals surface area (Å²) in [4.78, 5) is 0. The first kappa shape index (κ1) is 12.6. The van der Waals surface area contributed by atoms with Crippen LogP contribution in [0.3, 0.4) is 0 Å². The van der Waals surface area contributed by atoms with Crippen LogP contribution >= 0.6 is 11.6 Å². The highest BCUT2D eigenvalue weighted by Gasteiger charge is 2.06. The van der Waals surface area contributed by atoms with Crippen molar-refractivity contribution in [3.8, 4) is 0 Å². The minimum atomic E-state index is 0.554. The fourth-order valence-corrected chi connectivity index (χ4v) is 2.08. The lowest BCUT2D eigenvalue weighted by atomic mass is 10.1. The Labute approximate surface area is 97.6 Å². The molecule has 0 fully saturated rings. The summed E-state index contributed by atoms with van der Waals surface area (Å²) in [6.45, 7) is 7.61. The van der Waals surface area contributed by atoms with Crippen molar-refractivity contribution < 1.29 is 0 Å². The number of aryl methyl sites for hydroxylation is 1. The fourth-order valence-electron chi connectivity index (χ4n) is 1.81. The average Bonchev–Trinajstić information content (AvgIpc) is 2.40. The first-order valence-corrected chi connectivity index (χ1v) is 5.91. The summed E-state index contributed by atoms with van der Waals surface area (Å²) in [6, 6.07) is 2.56. The van der Waals surface area contributed by atoms with E-state index in [9.17, 15) is 0 Å². The second kappa shape index (κ2) is 5.57. The van der Waals surface area contributed by atoms with Crippen molar-refractivity contribution >= 4 is 11.6 Å². The molecule has 0 aliphatic rings. The number of rotatable bonds is 5. The normalized spacial score (nSPS) is 13.5. The van der Waals surface area contributed by atoms with Crippen LogP contribution in [-0.4, -0.2) is 10.6 Å². The molecule has 1 aromatic heterocycles. The van der Waals surface area contributed by atoms with Gasteiger partial charge in [-0.05, 0) is 25.3 Å². The maximum atomic E-state index is 5.92. The molecule has 1 N–H and O–H groups in total. The van der Waals surface area contributed by atoms with Crippen molar-refractivity contribution in [3.05, 3.63) is 23.0 Å². The minimum Gasteiger partial charge on any atom is -0.352 e. The summed E-state index contributed by atoms with van der Waals surface area (Å²) < 4.78 is 2.07. The highest BCUT2D eigenvalue weighted by Crippen LogP contribution is 2.13. The van der Waals surface area contributed by atoms with Gasteiger partial charge in [-0.25, -0.2) is 0 Å². The number of halogens is 1. The Morgan fingerprint density at radius 3 is 2.53 bits per heavy atom. The molecule has 0 aromatic carbocycles. The molecule has 0 saturated heterocycles. The number of hydrogen-bond donors (Lipinski definition) is 1. The number of aromatic nitrogens is 1. The molecule has 3 heteroatoms. The lowest BCUT2D eigenvalue weighted by Gasteiger charge is -2.16. The maximum Gasteiger partial charge on any atom is 0.0585 e. The van der Waals surface area contributed by atoms with Crippen molar-refractivity contribution in [2.45, 2.75) is 39.8 Å². The molecule has 0 aliphatic heterocycles. The molecular weight excluding hydrogens is 208 g/mol. The van der Waals surface area contributed by atoms with Crippen LogP contribution in [0.2, 0.25) is 5.02 Å². The van der Waals surface area contributed by atoms with E-state index >= 15 is 0 Å². The van der Waals surface area contributed by atoms with Gasteiger partial charge in [0.25, 0.3) is 0 Å². The summed E-state index contributed by atoms with van der Waals surface area (Å²) >= 11 is 5.92. The van der Waals surface area contributed by atoms with Gasteiger partial charge in [-0.15, -0.1) is 0 Å². The summed E-state index contributed by atoms with van der Waals surface area (Å²) in [5, 5.41) is 4.32. The molecule has 0 amide bonds. The predicted octanol–water partition coefficient (Wildman–Crippen LogP) is 3.20. The molecular formula is C12H21ClN2. The zero-order valence-corrected chi connectivity index (χ0v) is 10.8. The third-order valence-corrected chi connectivity index (χ3v) is 2.74. The zero-order valence-electron chi connectivity index (χ0n) is 10.0. The first-order chi connectivity index (χ1) is 6.99. The second-order valence-electron chi connectivity index (χ2n) is 4.67. The van der Waals surface area contributed by atoms with E-state index in [-0.39, 0.29) is 0 Å². The highest BCUT2D eigenvalue weighted by molar-refractivity contribution is 6.30. The molecule has 1 heterocycles. The summed E-state index contributed by atoms with van der Waals surface area (Å²) in [5.41, 5.74) is 1.23. The van der Waals surface area contributed by atoms with Crippen molar-refractivity contribution in [2.75, 3.05) is 0 Å². The number of nitrogens with one attached hydrogen (secondary N) is 1. The quantitative estimate of drug-likeness (QED) is 0.819. The SMILES string of the molecule is CC(C)CC(C)NCc1cc(Cl)cn1C. The van der Waals surface area contributed by atoms with Gasteiger partial charge in [-0.3, -0.25) is 0 Å². The van der Waals surface area contributed by atoms with Crippen LogP contribution < -0.4 is 5.32 Å². The molecule has 1 rings (SSSR count). The van der Waals surface area contributed by atoms with Crippen molar-refractivity contribution in [2.24, 2.45) is 13.0 Å². The van der Waals surface area contributed by atoms with Crippen LogP contribution in [0, 0.1) is 5.92 Å². The van der Waals surface area contributed by atoms with Gasteiger partial charge < -0.3 is 9.88 Å². The lowest BCUT2D eigenvalue weighted by molar-refractivity contribution is 0.437. The Balaban J connectivity index is 2.40. The molecule has 0 bridgehead atoms. The van der Waals surface area contributed by atoms with E-state index in [0.29, 0.717) is 6.04 Å². The van der Waals surface area contributed by atoms with Gasteiger partial charge in [0.15, 0.2) is 0 Å². The Morgan fingerprint density at radius 1 is 1.40 bits per heavy atom. The molecule has 0 saturated carbocycles. The molecule has 15 heavy (non-hydrogen) atoms. The summed E-state index contributed by atoms with van der Waals surface area (Å²) in [7, 11) is 2.02. The molecule has 86 valence electrons. The topological polar surface area (TPSA) is 17.0 Å². The second-order valence-corrected chi connectivity index (χ2v) is 5.11. The van der Waals surface area contributed by atoms with E-state index in [1.807, 2.05) is 19.3 Å². The minimum absolute atomic E-state index is 0.554. The van der Waals surface area contributed by atoms with Crippen LogP contribution in [0.1, 0.15) is 32.9 Å². The van der Waals surface area contributed by atoms with E-state index in [1.165, 1.54) is 12.1 Å². The van der Waals surface area contributed by atoms with Gasteiger partial charge in [0.2, 0.25) is 0 Å². The molecule has 0 aliphatic carbocycles. The van der Waals surface area contributed by atoms with E-state index in [0.717, 1.165) is 17.5 Å². The van der Waals surface area contributed by atoms with Crippen LogP contribution in [-0.2, 0) is 13.6 Å². The van der Waals surface area contributed by atoms with Gasteiger partial charge in [0.05, 0.1) is 5.02 Å². The van der Waals surface area contributed by atoms with Crippen molar-refractivity contribution in [1.82, 2.24) is 9.88 Å². The van der Waals surface area contributed by atoms with E-state index in [1.54, 1.807) is 0 Å². The molecule has 0 radical (unpaired) electrons. The molecule has 1 atom stereocenters. The predicted molar refractivity (Wildman–Crippen MR) is 66.2 cm³/mol. The van der Waals surface area contributed by atoms with Crippen LogP contribution in [0.15, 0.2) is 12.3 Å². The Morgan fingerprint density at radius 2 is 2.07 bits per heavy atom. The maximum absolute atomic E-state index is 5.92. The standard InChI is InChI=1S/C12H21ClN2/c1-9(2)5-10(3)14-7-12-6-11(13)8-15(12)4/h6,8-10,14H,5,7H2,1-4H3.